The molecular formula is C20H13Br2N3O2. The molecule has 0 saturated heterocycles. The maximum Gasteiger partial charge on any atom is 0.228 e. The average molecular weight is 487 g/mol. The standard InChI is InChI=1S/C20H13Br2N3O2/c1-11-4-5-12(20-25-19-17(27-20)3-2-6-23-19)8-16(11)24-10-13-7-14(21)9-15(22)18(13)26/h2-10,26H,1H3. The van der Waals surface area contributed by atoms with Gasteiger partial charge in [-0.3, -0.25) is 4.99 Å². The van der Waals surface area contributed by atoms with Gasteiger partial charge in [0.15, 0.2) is 11.2 Å². The van der Waals surface area contributed by atoms with Gasteiger partial charge in [-0.25, -0.2) is 4.98 Å². The number of aryl methyl sites for hydroxylation is 1. The highest BCUT2D eigenvalue weighted by molar-refractivity contribution is 9.11. The Kier molecular flexibility index (Phi) is 4.80. The van der Waals surface area contributed by atoms with Crippen molar-refractivity contribution < 1.29 is 9.52 Å². The molecule has 0 amide bonds. The maximum absolute atomic E-state index is 10.2. The number of fused-ring (bicyclic) bond motifs is 1. The van der Waals surface area contributed by atoms with Gasteiger partial charge in [0.2, 0.25) is 5.89 Å². The van der Waals surface area contributed by atoms with Crippen LogP contribution in [0.2, 0.25) is 0 Å². The summed E-state index contributed by atoms with van der Waals surface area (Å²) in [5.74, 6) is 0.633. The van der Waals surface area contributed by atoms with E-state index in [4.69, 9.17) is 4.42 Å². The molecule has 1 N–H and O–H groups in total. The fourth-order valence-corrected chi connectivity index (χ4v) is 3.86. The van der Waals surface area contributed by atoms with Crippen LogP contribution in [0.4, 0.5) is 5.69 Å². The summed E-state index contributed by atoms with van der Waals surface area (Å²) >= 11 is 6.75. The van der Waals surface area contributed by atoms with Crippen LogP contribution in [0.3, 0.4) is 0 Å². The molecule has 0 aliphatic carbocycles. The molecule has 0 aliphatic heterocycles. The Bertz CT molecular complexity index is 1150. The summed E-state index contributed by atoms with van der Waals surface area (Å²) in [4.78, 5) is 13.2. The van der Waals surface area contributed by atoms with Crippen molar-refractivity contribution in [1.29, 1.82) is 0 Å². The molecule has 0 unspecified atom stereocenters. The third-order valence-corrected chi connectivity index (χ3v) is 5.08. The van der Waals surface area contributed by atoms with Crippen LogP contribution in [-0.4, -0.2) is 21.3 Å². The van der Waals surface area contributed by atoms with E-state index < -0.39 is 0 Å². The second-order valence-corrected chi connectivity index (χ2v) is 7.70. The van der Waals surface area contributed by atoms with E-state index in [9.17, 15) is 5.11 Å². The van der Waals surface area contributed by atoms with Gasteiger partial charge >= 0.3 is 0 Å². The van der Waals surface area contributed by atoms with Crippen molar-refractivity contribution in [2.24, 2.45) is 4.99 Å². The van der Waals surface area contributed by atoms with E-state index in [1.54, 1.807) is 24.5 Å². The van der Waals surface area contributed by atoms with Gasteiger partial charge in [-0.2, -0.15) is 4.98 Å². The predicted molar refractivity (Wildman–Crippen MR) is 113 cm³/mol. The minimum Gasteiger partial charge on any atom is -0.506 e. The monoisotopic (exact) mass is 485 g/mol. The van der Waals surface area contributed by atoms with Crippen LogP contribution in [-0.2, 0) is 0 Å². The van der Waals surface area contributed by atoms with Crippen LogP contribution >= 0.6 is 31.9 Å². The number of phenolic OH excluding ortho intramolecular Hbond substituents is 1. The zero-order valence-electron chi connectivity index (χ0n) is 14.1. The smallest absolute Gasteiger partial charge is 0.228 e. The van der Waals surface area contributed by atoms with Gasteiger partial charge in [-0.1, -0.05) is 22.0 Å². The number of pyridine rings is 1. The lowest BCUT2D eigenvalue weighted by atomic mass is 10.1. The zero-order valence-corrected chi connectivity index (χ0v) is 17.3. The lowest BCUT2D eigenvalue weighted by molar-refractivity contribution is 0.471. The molecule has 0 atom stereocenters. The Morgan fingerprint density at radius 1 is 1.15 bits per heavy atom. The molecular weight excluding hydrogens is 474 g/mol. The molecule has 4 aromatic rings. The normalized spacial score (nSPS) is 11.5. The summed E-state index contributed by atoms with van der Waals surface area (Å²) in [6, 6.07) is 13.0. The topological polar surface area (TPSA) is 71.5 Å². The minimum absolute atomic E-state index is 0.140. The molecule has 4 rings (SSSR count). The maximum atomic E-state index is 10.2. The first kappa shape index (κ1) is 17.9. The Hall–Kier alpha value is -2.51. The molecule has 134 valence electrons. The number of oxazole rings is 1. The molecule has 0 aliphatic rings. The summed E-state index contributed by atoms with van der Waals surface area (Å²) in [6.07, 6.45) is 3.31. The van der Waals surface area contributed by atoms with E-state index in [1.165, 1.54) is 0 Å². The lowest BCUT2D eigenvalue weighted by Crippen LogP contribution is -1.86. The quantitative estimate of drug-likeness (QED) is 0.351. The third-order valence-electron chi connectivity index (χ3n) is 4.02. The van der Waals surface area contributed by atoms with Gasteiger partial charge in [0.25, 0.3) is 0 Å². The Morgan fingerprint density at radius 3 is 2.81 bits per heavy atom. The van der Waals surface area contributed by atoms with E-state index in [0.717, 1.165) is 21.3 Å². The number of benzene rings is 2. The summed E-state index contributed by atoms with van der Waals surface area (Å²) in [5, 5.41) is 10.2. The number of aromatic hydroxyl groups is 1. The SMILES string of the molecule is Cc1ccc(-c2nc3ncccc3o2)cc1N=Cc1cc(Br)cc(Br)c1O. The molecule has 0 radical (unpaired) electrons. The van der Waals surface area contributed by atoms with Gasteiger partial charge < -0.3 is 9.52 Å². The highest BCUT2D eigenvalue weighted by Crippen LogP contribution is 2.32. The van der Waals surface area contributed by atoms with Crippen molar-refractivity contribution in [3.8, 4) is 17.2 Å². The Morgan fingerprint density at radius 2 is 2.00 bits per heavy atom. The molecule has 5 nitrogen and oxygen atoms in total. The lowest BCUT2D eigenvalue weighted by Gasteiger charge is -2.05. The van der Waals surface area contributed by atoms with Crippen molar-refractivity contribution in [2.75, 3.05) is 0 Å². The number of phenols is 1. The molecule has 0 fully saturated rings. The van der Waals surface area contributed by atoms with Crippen molar-refractivity contribution in [3.63, 3.8) is 0 Å². The fourth-order valence-electron chi connectivity index (χ4n) is 2.60. The summed E-state index contributed by atoms with van der Waals surface area (Å²) in [7, 11) is 0. The van der Waals surface area contributed by atoms with Crippen LogP contribution in [0.25, 0.3) is 22.7 Å². The molecule has 27 heavy (non-hydrogen) atoms. The number of nitrogens with zero attached hydrogens (tertiary/aromatic N) is 3. The first-order chi connectivity index (χ1) is 13.0. The van der Waals surface area contributed by atoms with Gasteiger partial charge in [-0.05, 0) is 64.8 Å². The molecule has 0 bridgehead atoms. The van der Waals surface area contributed by atoms with Crippen LogP contribution in [0.1, 0.15) is 11.1 Å². The minimum atomic E-state index is 0.140. The highest BCUT2D eigenvalue weighted by Gasteiger charge is 2.11. The Labute approximate surface area is 172 Å². The summed E-state index contributed by atoms with van der Waals surface area (Å²) in [5.41, 5.74) is 4.39. The number of aliphatic imine (C=N–C) groups is 1. The third kappa shape index (κ3) is 3.65. The molecule has 7 heteroatoms. The Balaban J connectivity index is 1.73. The van der Waals surface area contributed by atoms with Gasteiger partial charge in [0.05, 0.1) is 10.2 Å². The second-order valence-electron chi connectivity index (χ2n) is 5.93. The van der Waals surface area contributed by atoms with Crippen molar-refractivity contribution in [1.82, 2.24) is 9.97 Å². The average Bonchev–Trinajstić information content (AvgIpc) is 3.08. The van der Waals surface area contributed by atoms with Gasteiger partial charge in [0, 0.05) is 28.0 Å². The van der Waals surface area contributed by atoms with Gasteiger partial charge in [-0.15, -0.1) is 0 Å². The van der Waals surface area contributed by atoms with Crippen molar-refractivity contribution in [2.45, 2.75) is 6.92 Å². The number of halogens is 2. The molecule has 0 spiro atoms. The largest absolute Gasteiger partial charge is 0.506 e. The summed E-state index contributed by atoms with van der Waals surface area (Å²) in [6.45, 7) is 1.97. The first-order valence-corrected chi connectivity index (χ1v) is 9.64. The van der Waals surface area contributed by atoms with Crippen LogP contribution in [0.5, 0.6) is 5.75 Å². The van der Waals surface area contributed by atoms with Crippen molar-refractivity contribution >= 4 is 55.0 Å². The first-order valence-electron chi connectivity index (χ1n) is 8.06. The molecule has 2 aromatic heterocycles. The van der Waals surface area contributed by atoms with E-state index in [1.807, 2.05) is 37.3 Å². The second kappa shape index (κ2) is 7.25. The van der Waals surface area contributed by atoms with E-state index in [0.29, 0.717) is 27.2 Å². The fraction of sp³-hybridized carbons (Fsp3) is 0.0500. The van der Waals surface area contributed by atoms with E-state index >= 15 is 0 Å². The van der Waals surface area contributed by atoms with E-state index in [2.05, 4.69) is 46.8 Å². The number of hydrogen-bond acceptors (Lipinski definition) is 5. The zero-order chi connectivity index (χ0) is 19.0. The van der Waals surface area contributed by atoms with Gasteiger partial charge in [0.1, 0.15) is 5.75 Å². The molecule has 2 heterocycles. The number of aromatic nitrogens is 2. The molecule has 0 saturated carbocycles. The summed E-state index contributed by atoms with van der Waals surface area (Å²) < 4.78 is 7.23. The van der Waals surface area contributed by atoms with E-state index in [-0.39, 0.29) is 5.75 Å². The number of hydrogen-bond donors (Lipinski definition) is 1. The van der Waals surface area contributed by atoms with Crippen molar-refractivity contribution in [3.05, 3.63) is 68.7 Å². The predicted octanol–water partition coefficient (Wildman–Crippen LogP) is 6.18. The molecule has 2 aromatic carbocycles. The highest BCUT2D eigenvalue weighted by atomic mass is 79.9. The van der Waals surface area contributed by atoms with Crippen LogP contribution in [0, 0.1) is 6.92 Å². The van der Waals surface area contributed by atoms with Crippen LogP contribution < -0.4 is 0 Å². The van der Waals surface area contributed by atoms with Crippen LogP contribution in [0.15, 0.2) is 67.0 Å². The number of rotatable bonds is 3.